The molecule has 0 aliphatic heterocycles. The molecule has 0 atom stereocenters. The van der Waals surface area contributed by atoms with E-state index in [1.807, 2.05) is 6.92 Å². The molecule has 10 heteroatoms. The third kappa shape index (κ3) is 13.3. The predicted molar refractivity (Wildman–Crippen MR) is 104 cm³/mol. The molecule has 166 valence electrons. The Morgan fingerprint density at radius 3 is 1.59 bits per heavy atom. The maximum atomic E-state index is 12.0. The highest BCUT2D eigenvalue weighted by molar-refractivity contribution is 7.86. The lowest BCUT2D eigenvalue weighted by Gasteiger charge is -2.08. The van der Waals surface area contributed by atoms with Crippen molar-refractivity contribution < 1.29 is 41.1 Å². The number of aryl methyl sites for hydroxylation is 1. The van der Waals surface area contributed by atoms with Gasteiger partial charge in [0.25, 0.3) is 10.1 Å². The molecule has 0 bridgehead atoms. The topological polar surface area (TPSA) is 107 Å². The normalized spacial score (nSPS) is 11.5. The Morgan fingerprint density at radius 1 is 0.724 bits per heavy atom. The molecule has 1 aromatic carbocycles. The van der Waals surface area contributed by atoms with Crippen molar-refractivity contribution in [1.29, 1.82) is 0 Å². The average Bonchev–Trinajstić information content (AvgIpc) is 2.67. The molecule has 29 heavy (non-hydrogen) atoms. The summed E-state index contributed by atoms with van der Waals surface area (Å²) in [6.07, 6.45) is 0. The molecule has 0 spiro atoms. The van der Waals surface area contributed by atoms with Gasteiger partial charge in [-0.2, -0.15) is 8.42 Å². The molecule has 0 radical (unpaired) electrons. The molecular formula is C19H30O9S. The highest BCUT2D eigenvalue weighted by Crippen LogP contribution is 2.12. The van der Waals surface area contributed by atoms with E-state index < -0.39 is 10.1 Å². The van der Waals surface area contributed by atoms with Gasteiger partial charge in [-0.25, -0.2) is 0 Å². The van der Waals surface area contributed by atoms with E-state index in [1.54, 1.807) is 12.1 Å². The van der Waals surface area contributed by atoms with Crippen LogP contribution in [0.1, 0.15) is 12.5 Å². The second-order valence-corrected chi connectivity index (χ2v) is 7.49. The van der Waals surface area contributed by atoms with Crippen molar-refractivity contribution in [3.8, 4) is 0 Å². The van der Waals surface area contributed by atoms with Crippen LogP contribution in [0.4, 0.5) is 0 Å². The van der Waals surface area contributed by atoms with E-state index in [-0.39, 0.29) is 30.7 Å². The number of carbonyl (C=O) groups excluding carboxylic acids is 1. The summed E-state index contributed by atoms with van der Waals surface area (Å²) in [7, 11) is -3.76. The van der Waals surface area contributed by atoms with Crippen LogP contribution in [0.5, 0.6) is 0 Å². The van der Waals surface area contributed by atoms with Crippen LogP contribution in [0.15, 0.2) is 29.2 Å². The van der Waals surface area contributed by atoms with Gasteiger partial charge in [0.1, 0.15) is 6.61 Å². The first-order valence-corrected chi connectivity index (χ1v) is 10.7. The number of benzene rings is 1. The first kappa shape index (κ1) is 25.5. The van der Waals surface area contributed by atoms with Gasteiger partial charge in [0, 0.05) is 6.92 Å². The third-order valence-electron chi connectivity index (χ3n) is 3.42. The molecule has 0 aliphatic carbocycles. The molecule has 1 rings (SSSR count). The molecule has 0 saturated heterocycles. The minimum absolute atomic E-state index is 0.0588. The number of hydrogen-bond acceptors (Lipinski definition) is 9. The summed E-state index contributed by atoms with van der Waals surface area (Å²) in [5.74, 6) is -0.328. The van der Waals surface area contributed by atoms with E-state index in [4.69, 9.17) is 27.9 Å². The summed E-state index contributed by atoms with van der Waals surface area (Å²) in [5, 5.41) is 0. The smallest absolute Gasteiger partial charge is 0.302 e. The minimum Gasteiger partial charge on any atom is -0.463 e. The molecule has 0 heterocycles. The van der Waals surface area contributed by atoms with E-state index in [9.17, 15) is 13.2 Å². The van der Waals surface area contributed by atoms with Crippen LogP contribution in [0.25, 0.3) is 0 Å². The van der Waals surface area contributed by atoms with Gasteiger partial charge in [0.2, 0.25) is 0 Å². The Bertz CT molecular complexity index is 659. The Hall–Kier alpha value is -1.56. The van der Waals surface area contributed by atoms with E-state index >= 15 is 0 Å². The largest absolute Gasteiger partial charge is 0.463 e. The van der Waals surface area contributed by atoms with Gasteiger partial charge < -0.3 is 23.7 Å². The molecule has 1 aromatic rings. The highest BCUT2D eigenvalue weighted by atomic mass is 32.2. The summed E-state index contributed by atoms with van der Waals surface area (Å²) in [6.45, 7) is 6.26. The number of rotatable bonds is 17. The van der Waals surface area contributed by atoms with E-state index in [0.29, 0.717) is 46.2 Å². The van der Waals surface area contributed by atoms with Crippen molar-refractivity contribution in [3.05, 3.63) is 29.8 Å². The van der Waals surface area contributed by atoms with Gasteiger partial charge in [-0.05, 0) is 19.1 Å². The van der Waals surface area contributed by atoms with Crippen molar-refractivity contribution in [2.75, 3.05) is 66.1 Å². The lowest BCUT2D eigenvalue weighted by atomic mass is 10.2. The Morgan fingerprint density at radius 2 is 1.14 bits per heavy atom. The summed E-state index contributed by atoms with van der Waals surface area (Å²) in [4.78, 5) is 10.7. The van der Waals surface area contributed by atoms with Gasteiger partial charge in [0.15, 0.2) is 0 Å². The second-order valence-electron chi connectivity index (χ2n) is 5.88. The highest BCUT2D eigenvalue weighted by Gasteiger charge is 2.14. The second kappa shape index (κ2) is 15.3. The summed E-state index contributed by atoms with van der Waals surface area (Å²) in [6, 6.07) is 6.45. The molecule has 0 amide bonds. The summed E-state index contributed by atoms with van der Waals surface area (Å²) >= 11 is 0. The standard InChI is InChI=1S/C19H30O9S/c1-17-3-5-19(6-4-17)29(21,22)28-16-14-26-12-10-24-8-7-23-9-11-25-13-15-27-18(2)20/h3-6H,7-16H2,1-2H3. The molecule has 0 N–H and O–H groups in total. The lowest BCUT2D eigenvalue weighted by molar-refractivity contribution is -0.142. The molecular weight excluding hydrogens is 404 g/mol. The fraction of sp³-hybridized carbons (Fsp3) is 0.632. The zero-order valence-corrected chi connectivity index (χ0v) is 17.8. The Labute approximate surface area is 172 Å². The van der Waals surface area contributed by atoms with Crippen LogP contribution in [0, 0.1) is 6.92 Å². The first-order valence-electron chi connectivity index (χ1n) is 9.32. The van der Waals surface area contributed by atoms with E-state index in [0.717, 1.165) is 5.56 Å². The fourth-order valence-corrected chi connectivity index (χ4v) is 2.87. The summed E-state index contributed by atoms with van der Waals surface area (Å²) < 4.78 is 54.7. The minimum atomic E-state index is -3.76. The zero-order chi connectivity index (χ0) is 21.4. The van der Waals surface area contributed by atoms with Gasteiger partial charge in [-0.3, -0.25) is 8.98 Å². The van der Waals surface area contributed by atoms with Gasteiger partial charge in [0.05, 0.1) is 64.4 Å². The van der Waals surface area contributed by atoms with Gasteiger partial charge in [-0.15, -0.1) is 0 Å². The van der Waals surface area contributed by atoms with E-state index in [1.165, 1.54) is 19.1 Å². The average molecular weight is 435 g/mol. The monoisotopic (exact) mass is 434 g/mol. The van der Waals surface area contributed by atoms with Crippen molar-refractivity contribution in [1.82, 2.24) is 0 Å². The van der Waals surface area contributed by atoms with Crippen LogP contribution in [0.2, 0.25) is 0 Å². The van der Waals surface area contributed by atoms with Crippen molar-refractivity contribution in [2.24, 2.45) is 0 Å². The number of ether oxygens (including phenoxy) is 5. The van der Waals surface area contributed by atoms with Crippen LogP contribution in [-0.2, 0) is 42.8 Å². The first-order chi connectivity index (χ1) is 13.9. The molecule has 0 fully saturated rings. The molecule has 0 unspecified atom stereocenters. The van der Waals surface area contributed by atoms with E-state index in [2.05, 4.69) is 0 Å². The fourth-order valence-electron chi connectivity index (χ4n) is 1.98. The predicted octanol–water partition coefficient (Wildman–Crippen LogP) is 1.33. The third-order valence-corrected chi connectivity index (χ3v) is 4.75. The molecule has 0 saturated carbocycles. The van der Waals surface area contributed by atoms with Crippen molar-refractivity contribution in [3.63, 3.8) is 0 Å². The van der Waals surface area contributed by atoms with Crippen molar-refractivity contribution >= 4 is 16.1 Å². The number of esters is 1. The zero-order valence-electron chi connectivity index (χ0n) is 17.0. The van der Waals surface area contributed by atoms with Crippen LogP contribution >= 0.6 is 0 Å². The maximum Gasteiger partial charge on any atom is 0.302 e. The number of hydrogen-bond donors (Lipinski definition) is 0. The SMILES string of the molecule is CC(=O)OCCOCCOCCOCCOCCOS(=O)(=O)c1ccc(C)cc1. The lowest BCUT2D eigenvalue weighted by Crippen LogP contribution is -2.15. The van der Waals surface area contributed by atoms with Gasteiger partial charge in [-0.1, -0.05) is 17.7 Å². The molecule has 0 aromatic heterocycles. The summed E-state index contributed by atoms with van der Waals surface area (Å²) in [5.41, 5.74) is 0.974. The van der Waals surface area contributed by atoms with Crippen molar-refractivity contribution in [2.45, 2.75) is 18.7 Å². The molecule has 9 nitrogen and oxygen atoms in total. The molecule has 0 aliphatic rings. The van der Waals surface area contributed by atoms with Crippen LogP contribution in [-0.4, -0.2) is 80.5 Å². The van der Waals surface area contributed by atoms with Crippen LogP contribution < -0.4 is 0 Å². The Kier molecular flexibility index (Phi) is 13.4. The van der Waals surface area contributed by atoms with Gasteiger partial charge >= 0.3 is 5.97 Å². The van der Waals surface area contributed by atoms with Crippen LogP contribution in [0.3, 0.4) is 0 Å². The quantitative estimate of drug-likeness (QED) is 0.204. The maximum absolute atomic E-state index is 12.0. The number of carbonyl (C=O) groups is 1. The Balaban J connectivity index is 1.88.